The molecule has 2 aromatic rings. The summed E-state index contributed by atoms with van der Waals surface area (Å²) in [5, 5.41) is 0. The zero-order chi connectivity index (χ0) is 13.9. The number of benzene rings is 1. The van der Waals surface area contributed by atoms with E-state index < -0.39 is 0 Å². The van der Waals surface area contributed by atoms with Crippen molar-refractivity contribution in [1.82, 2.24) is 14.9 Å². The minimum Gasteiger partial charge on any atom is -0.370 e. The van der Waals surface area contributed by atoms with Crippen molar-refractivity contribution in [2.45, 2.75) is 32.7 Å². The molecule has 0 spiro atoms. The van der Waals surface area contributed by atoms with Crippen LogP contribution in [0.15, 0.2) is 23.2 Å². The Morgan fingerprint density at radius 1 is 1.35 bits per heavy atom. The molecule has 1 saturated heterocycles. The number of fused-ring (bicyclic) bond motifs is 1. The molecular formula is C15H21N5. The van der Waals surface area contributed by atoms with Crippen LogP contribution in [0.25, 0.3) is 11.0 Å². The van der Waals surface area contributed by atoms with E-state index in [1.54, 1.807) is 0 Å². The molecule has 1 aliphatic rings. The van der Waals surface area contributed by atoms with Crippen LogP contribution in [0.4, 0.5) is 0 Å². The van der Waals surface area contributed by atoms with Gasteiger partial charge in [0, 0.05) is 13.1 Å². The quantitative estimate of drug-likeness (QED) is 0.649. The average Bonchev–Trinajstić information content (AvgIpc) is 2.90. The molecule has 0 radical (unpaired) electrons. The smallest absolute Gasteiger partial charge is 0.191 e. The third kappa shape index (κ3) is 2.61. The molecular weight excluding hydrogens is 250 g/mol. The van der Waals surface area contributed by atoms with Gasteiger partial charge in [0.15, 0.2) is 5.96 Å². The van der Waals surface area contributed by atoms with Crippen LogP contribution in [-0.2, 0) is 6.54 Å². The molecule has 0 unspecified atom stereocenters. The molecule has 1 fully saturated rings. The topological polar surface area (TPSA) is 70.3 Å². The number of hydrogen-bond donors (Lipinski definition) is 2. The number of nitrogens with two attached hydrogens (primary N) is 1. The number of aliphatic imine (C=N–C) groups is 1. The molecule has 3 N–H and O–H groups in total. The largest absolute Gasteiger partial charge is 0.370 e. The van der Waals surface area contributed by atoms with E-state index in [2.05, 4.69) is 32.9 Å². The standard InChI is InChI=1S/C15H21N5/c1-11-6-5-7-12-14(11)19-13(18-12)10-17-15(16)20-8-3-2-4-9-20/h5-7H,2-4,8-10H2,1H3,(H2,16,17)(H,18,19). The molecule has 5 nitrogen and oxygen atoms in total. The molecule has 106 valence electrons. The summed E-state index contributed by atoms with van der Waals surface area (Å²) in [5.74, 6) is 1.51. The van der Waals surface area contributed by atoms with Crippen LogP contribution in [0, 0.1) is 6.92 Å². The highest BCUT2D eigenvalue weighted by atomic mass is 15.3. The second kappa shape index (κ2) is 5.53. The van der Waals surface area contributed by atoms with E-state index in [4.69, 9.17) is 5.73 Å². The molecule has 0 bridgehead atoms. The van der Waals surface area contributed by atoms with Gasteiger partial charge in [-0.2, -0.15) is 0 Å². The predicted molar refractivity (Wildman–Crippen MR) is 81.6 cm³/mol. The van der Waals surface area contributed by atoms with Crippen LogP contribution in [0.5, 0.6) is 0 Å². The van der Waals surface area contributed by atoms with Crippen LogP contribution in [0.3, 0.4) is 0 Å². The molecule has 0 amide bonds. The maximum Gasteiger partial charge on any atom is 0.191 e. The molecule has 0 saturated carbocycles. The van der Waals surface area contributed by atoms with Gasteiger partial charge in [-0.3, -0.25) is 0 Å². The highest BCUT2D eigenvalue weighted by molar-refractivity contribution is 5.79. The van der Waals surface area contributed by atoms with Crippen LogP contribution in [-0.4, -0.2) is 33.9 Å². The summed E-state index contributed by atoms with van der Waals surface area (Å²) in [4.78, 5) is 14.5. The first kappa shape index (κ1) is 13.0. The summed E-state index contributed by atoms with van der Waals surface area (Å²) >= 11 is 0. The number of hydrogen-bond acceptors (Lipinski definition) is 2. The number of aromatic nitrogens is 2. The monoisotopic (exact) mass is 271 g/mol. The Morgan fingerprint density at radius 2 is 2.15 bits per heavy atom. The van der Waals surface area contributed by atoms with Gasteiger partial charge < -0.3 is 15.6 Å². The van der Waals surface area contributed by atoms with Gasteiger partial charge in [-0.1, -0.05) is 12.1 Å². The van der Waals surface area contributed by atoms with Crippen LogP contribution >= 0.6 is 0 Å². The lowest BCUT2D eigenvalue weighted by Crippen LogP contribution is -2.40. The third-order valence-electron chi connectivity index (χ3n) is 3.83. The van der Waals surface area contributed by atoms with Gasteiger partial charge in [-0.25, -0.2) is 9.98 Å². The fourth-order valence-corrected chi connectivity index (χ4v) is 2.68. The Balaban J connectivity index is 1.74. The van der Waals surface area contributed by atoms with Crippen LogP contribution in [0.2, 0.25) is 0 Å². The number of rotatable bonds is 2. The minimum atomic E-state index is 0.510. The van der Waals surface area contributed by atoms with Crippen molar-refractivity contribution in [2.24, 2.45) is 10.7 Å². The number of piperidine rings is 1. The van der Waals surface area contributed by atoms with Crippen molar-refractivity contribution < 1.29 is 0 Å². The first-order valence-electron chi connectivity index (χ1n) is 7.23. The minimum absolute atomic E-state index is 0.510. The number of guanidine groups is 1. The Bertz CT molecular complexity index is 622. The zero-order valence-corrected chi connectivity index (χ0v) is 11.9. The van der Waals surface area contributed by atoms with E-state index in [1.165, 1.54) is 24.8 Å². The molecule has 1 aromatic carbocycles. The Kier molecular flexibility index (Phi) is 3.58. The lowest BCUT2D eigenvalue weighted by Gasteiger charge is -2.27. The first-order chi connectivity index (χ1) is 9.74. The summed E-state index contributed by atoms with van der Waals surface area (Å²) in [7, 11) is 0. The molecule has 0 atom stereocenters. The number of nitrogens with zero attached hydrogens (tertiary/aromatic N) is 3. The summed E-state index contributed by atoms with van der Waals surface area (Å²) in [6.45, 7) is 4.62. The van der Waals surface area contributed by atoms with Gasteiger partial charge in [0.05, 0.1) is 11.0 Å². The normalized spacial score (nSPS) is 16.9. The summed E-state index contributed by atoms with van der Waals surface area (Å²) in [5.41, 5.74) is 9.32. The van der Waals surface area contributed by atoms with Gasteiger partial charge in [-0.05, 0) is 37.8 Å². The maximum atomic E-state index is 6.05. The summed E-state index contributed by atoms with van der Waals surface area (Å²) < 4.78 is 0. The fraction of sp³-hybridized carbons (Fsp3) is 0.467. The fourth-order valence-electron chi connectivity index (χ4n) is 2.68. The number of H-pyrrole nitrogens is 1. The molecule has 1 aliphatic heterocycles. The number of aromatic amines is 1. The maximum absolute atomic E-state index is 6.05. The van der Waals surface area contributed by atoms with E-state index >= 15 is 0 Å². The molecule has 3 rings (SSSR count). The van der Waals surface area contributed by atoms with Gasteiger partial charge >= 0.3 is 0 Å². The molecule has 20 heavy (non-hydrogen) atoms. The summed E-state index contributed by atoms with van der Waals surface area (Å²) in [6, 6.07) is 6.14. The van der Waals surface area contributed by atoms with Crippen molar-refractivity contribution in [3.05, 3.63) is 29.6 Å². The van der Waals surface area contributed by atoms with Crippen LogP contribution in [0.1, 0.15) is 30.7 Å². The second-order valence-electron chi connectivity index (χ2n) is 5.38. The number of nitrogens with one attached hydrogen (secondary N) is 1. The van der Waals surface area contributed by atoms with Crippen molar-refractivity contribution in [2.75, 3.05) is 13.1 Å². The number of likely N-dealkylation sites (tertiary alicyclic amines) is 1. The van der Waals surface area contributed by atoms with Gasteiger partial charge in [0.1, 0.15) is 12.4 Å². The lowest BCUT2D eigenvalue weighted by atomic mass is 10.1. The van der Waals surface area contributed by atoms with Gasteiger partial charge in [0.2, 0.25) is 0 Å². The number of para-hydroxylation sites is 1. The van der Waals surface area contributed by atoms with E-state index in [0.717, 1.165) is 29.9 Å². The van der Waals surface area contributed by atoms with E-state index in [1.807, 2.05) is 12.1 Å². The van der Waals surface area contributed by atoms with E-state index in [9.17, 15) is 0 Å². The van der Waals surface area contributed by atoms with Crippen molar-refractivity contribution >= 4 is 17.0 Å². The lowest BCUT2D eigenvalue weighted by molar-refractivity contribution is 0.338. The predicted octanol–water partition coefficient (Wildman–Crippen LogP) is 2.17. The highest BCUT2D eigenvalue weighted by Crippen LogP contribution is 2.16. The Morgan fingerprint density at radius 3 is 2.90 bits per heavy atom. The zero-order valence-electron chi connectivity index (χ0n) is 11.9. The second-order valence-corrected chi connectivity index (χ2v) is 5.38. The Labute approximate surface area is 118 Å². The molecule has 5 heteroatoms. The third-order valence-corrected chi connectivity index (χ3v) is 3.83. The van der Waals surface area contributed by atoms with Crippen molar-refractivity contribution in [1.29, 1.82) is 0 Å². The highest BCUT2D eigenvalue weighted by Gasteiger charge is 2.12. The van der Waals surface area contributed by atoms with Crippen molar-refractivity contribution in [3.63, 3.8) is 0 Å². The van der Waals surface area contributed by atoms with Crippen LogP contribution < -0.4 is 5.73 Å². The first-order valence-corrected chi connectivity index (χ1v) is 7.23. The number of imidazole rings is 1. The SMILES string of the molecule is Cc1cccc2[nH]c(CN=C(N)N3CCCCC3)nc12. The molecule has 2 heterocycles. The average molecular weight is 271 g/mol. The molecule has 0 aliphatic carbocycles. The van der Waals surface area contributed by atoms with Crippen molar-refractivity contribution in [3.8, 4) is 0 Å². The van der Waals surface area contributed by atoms with E-state index in [-0.39, 0.29) is 0 Å². The number of aryl methyl sites for hydroxylation is 1. The van der Waals surface area contributed by atoms with E-state index in [0.29, 0.717) is 12.5 Å². The van der Waals surface area contributed by atoms with Gasteiger partial charge in [-0.15, -0.1) is 0 Å². The summed E-state index contributed by atoms with van der Waals surface area (Å²) in [6.07, 6.45) is 3.72. The van der Waals surface area contributed by atoms with Gasteiger partial charge in [0.25, 0.3) is 0 Å². The Hall–Kier alpha value is -2.04. The molecule has 1 aromatic heterocycles.